The Kier molecular flexibility index (Phi) is 4.14. The van der Waals surface area contributed by atoms with Crippen molar-refractivity contribution in [2.24, 2.45) is 0 Å². The summed E-state index contributed by atoms with van der Waals surface area (Å²) in [6, 6.07) is 3.09. The molecule has 1 aromatic heterocycles. The number of carbonyl (C=O) groups is 4. The number of hydrogen-bond donors (Lipinski definition) is 2. The quantitative estimate of drug-likeness (QED) is 0.679. The Bertz CT molecular complexity index is 521. The maximum absolute atomic E-state index is 11.8. The predicted molar refractivity (Wildman–Crippen MR) is 65.4 cm³/mol. The minimum Gasteiger partial charge on any atom is -0.459 e. The number of nitrogens with zero attached hydrogens (tertiary/aromatic N) is 1. The lowest BCUT2D eigenvalue weighted by molar-refractivity contribution is -0.145. The number of furan rings is 1. The second-order valence-electron chi connectivity index (χ2n) is 4.20. The molecule has 2 N–H and O–H groups in total. The molecule has 0 radical (unpaired) electrons. The van der Waals surface area contributed by atoms with Crippen LogP contribution >= 0.6 is 0 Å². The second kappa shape index (κ2) is 6.00. The van der Waals surface area contributed by atoms with Crippen LogP contribution in [-0.2, 0) is 14.4 Å². The van der Waals surface area contributed by atoms with Crippen molar-refractivity contribution >= 4 is 23.6 Å². The first kappa shape index (κ1) is 13.8. The third kappa shape index (κ3) is 3.44. The molecule has 1 aliphatic heterocycles. The summed E-state index contributed by atoms with van der Waals surface area (Å²) >= 11 is 0. The molecule has 8 nitrogen and oxygen atoms in total. The molecule has 8 heteroatoms. The van der Waals surface area contributed by atoms with E-state index in [1.807, 2.05) is 0 Å². The van der Waals surface area contributed by atoms with E-state index in [0.29, 0.717) is 0 Å². The maximum Gasteiger partial charge on any atom is 0.286 e. The lowest BCUT2D eigenvalue weighted by Crippen LogP contribution is -2.53. The smallest absolute Gasteiger partial charge is 0.286 e. The fraction of sp³-hybridized carbons (Fsp3) is 0.333. The van der Waals surface area contributed by atoms with Crippen molar-refractivity contribution in [2.45, 2.75) is 6.42 Å². The van der Waals surface area contributed by atoms with Crippen molar-refractivity contribution in [2.75, 3.05) is 19.6 Å². The zero-order chi connectivity index (χ0) is 14.5. The molecule has 2 heterocycles. The SMILES string of the molecule is O=C1CN(C(=O)CCNC(=O)c2ccco2)CC(=O)N1. The largest absolute Gasteiger partial charge is 0.459 e. The summed E-state index contributed by atoms with van der Waals surface area (Å²) < 4.78 is 4.89. The van der Waals surface area contributed by atoms with Crippen LogP contribution in [0.5, 0.6) is 0 Å². The molecule has 0 aromatic carbocycles. The van der Waals surface area contributed by atoms with E-state index in [9.17, 15) is 19.2 Å². The highest BCUT2D eigenvalue weighted by Gasteiger charge is 2.25. The number of amides is 4. The van der Waals surface area contributed by atoms with E-state index < -0.39 is 17.7 Å². The molecule has 0 aliphatic carbocycles. The molecule has 0 spiro atoms. The van der Waals surface area contributed by atoms with E-state index in [2.05, 4.69) is 10.6 Å². The van der Waals surface area contributed by atoms with Crippen LogP contribution in [0.25, 0.3) is 0 Å². The van der Waals surface area contributed by atoms with E-state index in [1.165, 1.54) is 12.3 Å². The molecule has 0 bridgehead atoms. The monoisotopic (exact) mass is 279 g/mol. The normalized spacial score (nSPS) is 14.9. The zero-order valence-electron chi connectivity index (χ0n) is 10.5. The standard InChI is InChI=1S/C12H13N3O5/c16-9-6-15(7-10(17)14-9)11(18)3-4-13-12(19)8-2-1-5-20-8/h1-2,5H,3-4,6-7H2,(H,13,19)(H,14,16,17). The van der Waals surface area contributed by atoms with Crippen LogP contribution in [0.15, 0.2) is 22.8 Å². The second-order valence-corrected chi connectivity index (χ2v) is 4.20. The van der Waals surface area contributed by atoms with Crippen LogP contribution < -0.4 is 10.6 Å². The summed E-state index contributed by atoms with van der Waals surface area (Å²) in [6.45, 7) is -0.182. The van der Waals surface area contributed by atoms with Crippen molar-refractivity contribution < 1.29 is 23.6 Å². The van der Waals surface area contributed by atoms with Crippen molar-refractivity contribution in [3.8, 4) is 0 Å². The molecule has 2 rings (SSSR count). The summed E-state index contributed by atoms with van der Waals surface area (Å²) in [7, 11) is 0. The summed E-state index contributed by atoms with van der Waals surface area (Å²) in [5.74, 6) is -1.64. The minimum absolute atomic E-state index is 0.00695. The summed E-state index contributed by atoms with van der Waals surface area (Å²) in [5.41, 5.74) is 0. The molecule has 1 aliphatic rings. The van der Waals surface area contributed by atoms with Crippen LogP contribution in [-0.4, -0.2) is 48.2 Å². The van der Waals surface area contributed by atoms with Gasteiger partial charge >= 0.3 is 0 Å². The topological polar surface area (TPSA) is 109 Å². The first-order valence-electron chi connectivity index (χ1n) is 5.98. The molecular weight excluding hydrogens is 266 g/mol. The van der Waals surface area contributed by atoms with Crippen LogP contribution in [0, 0.1) is 0 Å². The molecule has 0 unspecified atom stereocenters. The van der Waals surface area contributed by atoms with Gasteiger partial charge in [-0.05, 0) is 12.1 Å². The molecule has 4 amide bonds. The number of imide groups is 1. The number of piperazine rings is 1. The first-order valence-corrected chi connectivity index (χ1v) is 5.98. The van der Waals surface area contributed by atoms with E-state index >= 15 is 0 Å². The number of hydrogen-bond acceptors (Lipinski definition) is 5. The van der Waals surface area contributed by atoms with E-state index in [4.69, 9.17) is 4.42 Å². The van der Waals surface area contributed by atoms with Gasteiger partial charge in [0.2, 0.25) is 17.7 Å². The Morgan fingerprint density at radius 3 is 2.60 bits per heavy atom. The van der Waals surface area contributed by atoms with Crippen molar-refractivity contribution in [1.29, 1.82) is 0 Å². The summed E-state index contributed by atoms with van der Waals surface area (Å²) in [5, 5.41) is 4.61. The third-order valence-electron chi connectivity index (χ3n) is 2.67. The minimum atomic E-state index is -0.505. The van der Waals surface area contributed by atoms with Crippen molar-refractivity contribution in [1.82, 2.24) is 15.5 Å². The van der Waals surface area contributed by atoms with Crippen LogP contribution in [0.3, 0.4) is 0 Å². The van der Waals surface area contributed by atoms with Crippen molar-refractivity contribution in [3.63, 3.8) is 0 Å². The third-order valence-corrected chi connectivity index (χ3v) is 2.67. The number of nitrogens with one attached hydrogen (secondary N) is 2. The predicted octanol–water partition coefficient (Wildman–Crippen LogP) is -1.12. The highest BCUT2D eigenvalue weighted by atomic mass is 16.3. The van der Waals surface area contributed by atoms with Gasteiger partial charge in [0.15, 0.2) is 5.76 Å². The van der Waals surface area contributed by atoms with Gasteiger partial charge in [0.1, 0.15) is 13.1 Å². The first-order chi connectivity index (χ1) is 9.56. The molecule has 106 valence electrons. The lowest BCUT2D eigenvalue weighted by atomic mass is 10.3. The van der Waals surface area contributed by atoms with Gasteiger partial charge in [0.25, 0.3) is 5.91 Å². The van der Waals surface area contributed by atoms with Gasteiger partial charge in [0, 0.05) is 13.0 Å². The van der Waals surface area contributed by atoms with Gasteiger partial charge in [-0.2, -0.15) is 0 Å². The van der Waals surface area contributed by atoms with E-state index in [0.717, 1.165) is 4.90 Å². The van der Waals surface area contributed by atoms with Gasteiger partial charge in [-0.1, -0.05) is 0 Å². The molecule has 1 fully saturated rings. The van der Waals surface area contributed by atoms with E-state index in [-0.39, 0.29) is 37.7 Å². The molecule has 0 atom stereocenters. The van der Waals surface area contributed by atoms with Crippen LogP contribution in [0.2, 0.25) is 0 Å². The Hall–Kier alpha value is -2.64. The van der Waals surface area contributed by atoms with Crippen LogP contribution in [0.1, 0.15) is 17.0 Å². The molecule has 0 saturated carbocycles. The highest BCUT2D eigenvalue weighted by molar-refractivity contribution is 6.02. The lowest BCUT2D eigenvalue weighted by Gasteiger charge is -2.25. The fourth-order valence-electron chi connectivity index (χ4n) is 1.75. The van der Waals surface area contributed by atoms with Gasteiger partial charge < -0.3 is 14.6 Å². The fourth-order valence-corrected chi connectivity index (χ4v) is 1.75. The number of rotatable bonds is 4. The Labute approximate surface area is 114 Å². The van der Waals surface area contributed by atoms with Crippen molar-refractivity contribution in [3.05, 3.63) is 24.2 Å². The zero-order valence-corrected chi connectivity index (χ0v) is 10.5. The Morgan fingerprint density at radius 2 is 2.00 bits per heavy atom. The Balaban J connectivity index is 1.76. The summed E-state index contributed by atoms with van der Waals surface area (Å²) in [6.07, 6.45) is 1.38. The maximum atomic E-state index is 11.8. The Morgan fingerprint density at radius 1 is 1.30 bits per heavy atom. The molecule has 1 aromatic rings. The highest BCUT2D eigenvalue weighted by Crippen LogP contribution is 2.01. The van der Waals surface area contributed by atoms with Gasteiger partial charge in [0.05, 0.1) is 6.26 Å². The average molecular weight is 279 g/mol. The number of carbonyl (C=O) groups excluding carboxylic acids is 4. The molecule has 1 saturated heterocycles. The molecular formula is C12H13N3O5. The van der Waals surface area contributed by atoms with E-state index in [1.54, 1.807) is 6.07 Å². The average Bonchev–Trinajstić information content (AvgIpc) is 2.91. The van der Waals surface area contributed by atoms with Gasteiger partial charge in [-0.3, -0.25) is 24.5 Å². The van der Waals surface area contributed by atoms with Crippen LogP contribution in [0.4, 0.5) is 0 Å². The van der Waals surface area contributed by atoms with Gasteiger partial charge in [-0.15, -0.1) is 0 Å². The summed E-state index contributed by atoms with van der Waals surface area (Å²) in [4.78, 5) is 46.7. The van der Waals surface area contributed by atoms with Gasteiger partial charge in [-0.25, -0.2) is 0 Å². The molecule has 20 heavy (non-hydrogen) atoms.